The summed E-state index contributed by atoms with van der Waals surface area (Å²) in [5, 5.41) is 11.9. The van der Waals surface area contributed by atoms with Crippen molar-refractivity contribution in [3.8, 4) is 0 Å². The van der Waals surface area contributed by atoms with Gasteiger partial charge in [0.1, 0.15) is 24.5 Å². The number of rotatable bonds is 6. The zero-order valence-corrected chi connectivity index (χ0v) is 22.4. The molecule has 0 unspecified atom stereocenters. The lowest BCUT2D eigenvalue weighted by Crippen LogP contribution is -2.71. The predicted octanol–water partition coefficient (Wildman–Crippen LogP) is 2.79. The Morgan fingerprint density at radius 1 is 1.22 bits per heavy atom. The lowest BCUT2D eigenvalue weighted by atomic mass is 9.44. The maximum atomic E-state index is 17.8. The Balaban J connectivity index is 1.86. The van der Waals surface area contributed by atoms with Crippen molar-refractivity contribution in [1.29, 1.82) is 0 Å². The molecule has 0 aromatic heterocycles. The van der Waals surface area contributed by atoms with Crippen molar-refractivity contribution < 1.29 is 45.6 Å². The Bertz CT molecular complexity index is 1200. The molecule has 0 bridgehead atoms. The molecule has 0 spiro atoms. The van der Waals surface area contributed by atoms with Gasteiger partial charge < -0.3 is 9.84 Å². The van der Waals surface area contributed by atoms with Crippen LogP contribution in [-0.4, -0.2) is 67.5 Å². The Morgan fingerprint density at radius 3 is 2.46 bits per heavy atom. The van der Waals surface area contributed by atoms with Crippen molar-refractivity contribution in [2.75, 3.05) is 12.9 Å². The van der Waals surface area contributed by atoms with Gasteiger partial charge in [0.2, 0.25) is 0 Å². The van der Waals surface area contributed by atoms with Crippen molar-refractivity contribution in [3.05, 3.63) is 23.8 Å². The second kappa shape index (κ2) is 8.77. The van der Waals surface area contributed by atoms with Gasteiger partial charge in [-0.15, -0.1) is 0 Å². The number of Topliss-reactive ketones (excluding diaryl/α,β-unsaturated/α-hetero) is 1. The third kappa shape index (κ3) is 3.86. The molecule has 4 rings (SSSR count). The fraction of sp³-hybridized carbons (Fsp3) is 0.731. The fourth-order valence-corrected chi connectivity index (χ4v) is 8.06. The normalized spacial score (nSPS) is 44.9. The first kappa shape index (κ1) is 28.0. The molecule has 0 saturated heterocycles. The van der Waals surface area contributed by atoms with Crippen molar-refractivity contribution in [1.82, 2.24) is 0 Å². The van der Waals surface area contributed by atoms with E-state index in [9.17, 15) is 27.9 Å². The zero-order chi connectivity index (χ0) is 27.8. The topological polar surface area (TPSA) is 124 Å². The number of hydrogen-bond acceptors (Lipinski definition) is 8. The van der Waals surface area contributed by atoms with E-state index in [1.54, 1.807) is 20.8 Å². The number of ketones is 2. The summed E-state index contributed by atoms with van der Waals surface area (Å²) in [5.74, 6) is -4.56. The van der Waals surface area contributed by atoms with Crippen molar-refractivity contribution in [2.45, 2.75) is 76.9 Å². The average Bonchev–Trinajstić information content (AvgIpc) is 3.01. The monoisotopic (exact) mass is 544 g/mol. The summed E-state index contributed by atoms with van der Waals surface area (Å²) in [4.78, 5) is 37.9. The van der Waals surface area contributed by atoms with Crippen LogP contribution in [-0.2, 0) is 33.4 Å². The van der Waals surface area contributed by atoms with Gasteiger partial charge in [-0.2, -0.15) is 8.42 Å². The third-order valence-corrected chi connectivity index (χ3v) is 10.1. The molecule has 4 aliphatic rings. The molecule has 8 nitrogen and oxygen atoms in total. The minimum atomic E-state index is -3.99. The second-order valence-electron chi connectivity index (χ2n) is 11.5. The molecule has 9 atom stereocenters. The average molecular weight is 545 g/mol. The van der Waals surface area contributed by atoms with Crippen LogP contribution in [0.3, 0.4) is 0 Å². The van der Waals surface area contributed by atoms with Crippen LogP contribution in [0.5, 0.6) is 0 Å². The highest BCUT2D eigenvalue weighted by Gasteiger charge is 2.77. The SMILES string of the molecule is CCC(=O)O[C@@H]1C[C@@]2(C)[C@@H](C[C@H](C)[C@]2(O)C(=O)COS(C)(=O)=O)[C@@H]2C[C@H](F)C3=CC(=O)C=C[C@@]3(C)[C@@]12F. The van der Waals surface area contributed by atoms with Crippen LogP contribution in [0.4, 0.5) is 8.78 Å². The zero-order valence-electron chi connectivity index (χ0n) is 21.6. The van der Waals surface area contributed by atoms with Gasteiger partial charge in [-0.25, -0.2) is 8.78 Å². The van der Waals surface area contributed by atoms with Gasteiger partial charge in [0.25, 0.3) is 10.1 Å². The van der Waals surface area contributed by atoms with Crippen molar-refractivity contribution in [3.63, 3.8) is 0 Å². The molecule has 1 N–H and O–H groups in total. The van der Waals surface area contributed by atoms with Crippen LogP contribution >= 0.6 is 0 Å². The molecule has 0 aromatic carbocycles. The number of halogens is 2. The smallest absolute Gasteiger partial charge is 0.305 e. The second-order valence-corrected chi connectivity index (χ2v) is 13.1. The molecule has 3 fully saturated rings. The van der Waals surface area contributed by atoms with E-state index in [1.807, 2.05) is 0 Å². The van der Waals surface area contributed by atoms with Gasteiger partial charge in [-0.1, -0.05) is 26.8 Å². The van der Waals surface area contributed by atoms with Crippen LogP contribution < -0.4 is 0 Å². The summed E-state index contributed by atoms with van der Waals surface area (Å²) in [7, 11) is -3.99. The van der Waals surface area contributed by atoms with E-state index in [-0.39, 0.29) is 31.3 Å². The number of hydrogen-bond donors (Lipinski definition) is 1. The Labute approximate surface area is 215 Å². The summed E-state index contributed by atoms with van der Waals surface area (Å²) in [6.45, 7) is 5.33. The highest BCUT2D eigenvalue weighted by Crippen LogP contribution is 2.71. The molecule has 37 heavy (non-hydrogen) atoms. The maximum absolute atomic E-state index is 17.8. The van der Waals surface area contributed by atoms with Gasteiger partial charge in [-0.05, 0) is 55.7 Å². The number of ether oxygens (including phenoxy) is 1. The Kier molecular flexibility index (Phi) is 6.65. The molecule has 0 amide bonds. The summed E-state index contributed by atoms with van der Waals surface area (Å²) in [6, 6.07) is 0. The Morgan fingerprint density at radius 2 is 1.86 bits per heavy atom. The first-order valence-electron chi connectivity index (χ1n) is 12.5. The fourth-order valence-electron chi connectivity index (χ4n) is 7.74. The van der Waals surface area contributed by atoms with Gasteiger partial charge in [-0.3, -0.25) is 18.6 Å². The molecule has 206 valence electrons. The molecule has 0 radical (unpaired) electrons. The molecule has 0 aliphatic heterocycles. The lowest BCUT2D eigenvalue weighted by Gasteiger charge is -2.63. The summed E-state index contributed by atoms with van der Waals surface area (Å²) < 4.78 is 66.8. The third-order valence-electron chi connectivity index (χ3n) is 9.58. The number of esters is 1. The number of aliphatic hydroxyl groups is 1. The van der Waals surface area contributed by atoms with Gasteiger partial charge in [0.15, 0.2) is 17.2 Å². The highest BCUT2D eigenvalue weighted by molar-refractivity contribution is 7.86. The van der Waals surface area contributed by atoms with E-state index in [4.69, 9.17) is 4.74 Å². The first-order chi connectivity index (χ1) is 17.0. The van der Waals surface area contributed by atoms with Crippen LogP contribution in [0.1, 0.15) is 53.4 Å². The minimum Gasteiger partial charge on any atom is -0.459 e. The Hall–Kier alpha value is -1.98. The summed E-state index contributed by atoms with van der Waals surface area (Å²) in [6.07, 6.45) is 0.805. The van der Waals surface area contributed by atoms with Crippen molar-refractivity contribution in [2.24, 2.45) is 28.6 Å². The minimum absolute atomic E-state index is 0.0150. The molecule has 3 saturated carbocycles. The summed E-state index contributed by atoms with van der Waals surface area (Å²) in [5.41, 5.74) is -7.46. The first-order valence-corrected chi connectivity index (χ1v) is 14.3. The van der Waals surface area contributed by atoms with Crippen LogP contribution in [0.15, 0.2) is 23.8 Å². The summed E-state index contributed by atoms with van der Waals surface area (Å²) >= 11 is 0. The van der Waals surface area contributed by atoms with E-state index in [1.165, 1.54) is 19.1 Å². The number of allylic oxidation sites excluding steroid dienone is 4. The van der Waals surface area contributed by atoms with E-state index in [2.05, 4.69) is 4.18 Å². The molecule has 11 heteroatoms. The quantitative estimate of drug-likeness (QED) is 0.400. The molecule has 4 aliphatic carbocycles. The predicted molar refractivity (Wildman–Crippen MR) is 128 cm³/mol. The van der Waals surface area contributed by atoms with E-state index in [0.29, 0.717) is 0 Å². The van der Waals surface area contributed by atoms with Crippen LogP contribution in [0.2, 0.25) is 0 Å². The molecular formula is C26H34F2O8S. The highest BCUT2D eigenvalue weighted by atomic mass is 32.2. The standard InChI is InChI=1S/C26H34F2O8S/c1-6-22(31)36-21-12-24(4)16(9-14(2)26(24,32)20(30)13-35-37(5,33)34)17-11-19(27)18-10-15(29)7-8-23(18,3)25(17,21)28/h7-8,10,14,16-17,19,21,32H,6,9,11-13H2,1-5H3/t14-,16-,17-,19-,21+,23+,24-,25-,26-/m0/s1. The number of alkyl halides is 2. The maximum Gasteiger partial charge on any atom is 0.305 e. The van der Waals surface area contributed by atoms with Gasteiger partial charge >= 0.3 is 5.97 Å². The lowest BCUT2D eigenvalue weighted by molar-refractivity contribution is -0.233. The van der Waals surface area contributed by atoms with Gasteiger partial charge in [0.05, 0.1) is 6.26 Å². The van der Waals surface area contributed by atoms with E-state index >= 15 is 8.78 Å². The molecule has 0 aromatic rings. The van der Waals surface area contributed by atoms with Crippen LogP contribution in [0.25, 0.3) is 0 Å². The number of carbonyl (C=O) groups is 3. The van der Waals surface area contributed by atoms with Crippen LogP contribution in [0, 0.1) is 28.6 Å². The van der Waals surface area contributed by atoms with E-state index < -0.39 is 86.4 Å². The van der Waals surface area contributed by atoms with Gasteiger partial charge in [0, 0.05) is 23.2 Å². The van der Waals surface area contributed by atoms with Crippen molar-refractivity contribution >= 4 is 27.7 Å². The number of fused-ring (bicyclic) bond motifs is 5. The van der Waals surface area contributed by atoms with E-state index in [0.717, 1.165) is 12.3 Å². The molecule has 0 heterocycles. The largest absolute Gasteiger partial charge is 0.459 e. The molecular weight excluding hydrogens is 510 g/mol. The number of carbonyl (C=O) groups excluding carboxylic acids is 3.